The van der Waals surface area contributed by atoms with E-state index < -0.39 is 7.60 Å². The standard InChI is InChI=1S/C8H11O4P.C4H10/c1-12-13(10,11)6-7-2-4-8(9)5-3-7;1-3-4-2/h2-5,9H,6H2,1H3,(H,10,11);3-4H2,1-2H3. The van der Waals surface area contributed by atoms with Crippen molar-refractivity contribution in [3.63, 3.8) is 0 Å². The van der Waals surface area contributed by atoms with Gasteiger partial charge in [-0.3, -0.25) is 4.57 Å². The summed E-state index contributed by atoms with van der Waals surface area (Å²) in [7, 11) is -2.30. The molecule has 0 aliphatic rings. The molecular weight excluding hydrogens is 239 g/mol. The summed E-state index contributed by atoms with van der Waals surface area (Å²) >= 11 is 0. The van der Waals surface area contributed by atoms with Crippen molar-refractivity contribution in [2.24, 2.45) is 0 Å². The molecule has 1 atom stereocenters. The molecule has 0 saturated heterocycles. The molecule has 0 amide bonds. The highest BCUT2D eigenvalue weighted by Gasteiger charge is 2.17. The number of unbranched alkanes of at least 4 members (excludes halogenated alkanes) is 1. The van der Waals surface area contributed by atoms with Crippen LogP contribution in [0.3, 0.4) is 0 Å². The molecule has 98 valence electrons. The number of aromatic hydroxyl groups is 1. The van der Waals surface area contributed by atoms with E-state index in [-0.39, 0.29) is 11.9 Å². The van der Waals surface area contributed by atoms with Crippen molar-refractivity contribution in [1.29, 1.82) is 0 Å². The SMILES string of the molecule is CCCC.COP(=O)(O)Cc1ccc(O)cc1. The smallest absolute Gasteiger partial charge is 0.332 e. The van der Waals surface area contributed by atoms with Crippen molar-refractivity contribution >= 4 is 7.60 Å². The van der Waals surface area contributed by atoms with Crippen LogP contribution in [-0.4, -0.2) is 17.1 Å². The number of hydrogen-bond donors (Lipinski definition) is 2. The van der Waals surface area contributed by atoms with Crippen LogP contribution in [0.4, 0.5) is 0 Å². The van der Waals surface area contributed by atoms with Crippen molar-refractivity contribution in [2.75, 3.05) is 7.11 Å². The zero-order valence-electron chi connectivity index (χ0n) is 10.6. The fourth-order valence-corrected chi connectivity index (χ4v) is 1.70. The summed E-state index contributed by atoms with van der Waals surface area (Å²) in [5.41, 5.74) is 0.658. The van der Waals surface area contributed by atoms with E-state index in [2.05, 4.69) is 18.4 Å². The van der Waals surface area contributed by atoms with Gasteiger partial charge in [0.15, 0.2) is 0 Å². The molecule has 0 fully saturated rings. The Labute approximate surface area is 103 Å². The van der Waals surface area contributed by atoms with Gasteiger partial charge in [-0.05, 0) is 17.7 Å². The largest absolute Gasteiger partial charge is 0.508 e. The molecule has 17 heavy (non-hydrogen) atoms. The van der Waals surface area contributed by atoms with Gasteiger partial charge in [-0.15, -0.1) is 0 Å². The Morgan fingerprint density at radius 1 is 1.18 bits per heavy atom. The van der Waals surface area contributed by atoms with Crippen molar-refractivity contribution in [3.05, 3.63) is 29.8 Å². The van der Waals surface area contributed by atoms with E-state index in [0.29, 0.717) is 5.56 Å². The molecule has 4 nitrogen and oxygen atoms in total. The van der Waals surface area contributed by atoms with Gasteiger partial charge in [0.1, 0.15) is 5.75 Å². The minimum absolute atomic E-state index is 0.0379. The lowest BCUT2D eigenvalue weighted by Gasteiger charge is -2.08. The van der Waals surface area contributed by atoms with Gasteiger partial charge in [0.25, 0.3) is 0 Å². The summed E-state index contributed by atoms with van der Waals surface area (Å²) in [5, 5.41) is 8.95. The molecule has 1 aromatic carbocycles. The van der Waals surface area contributed by atoms with E-state index in [9.17, 15) is 4.57 Å². The first-order valence-electron chi connectivity index (χ1n) is 5.60. The molecule has 0 heterocycles. The van der Waals surface area contributed by atoms with Gasteiger partial charge in [-0.2, -0.15) is 0 Å². The molecule has 0 spiro atoms. The predicted molar refractivity (Wildman–Crippen MR) is 69.2 cm³/mol. The van der Waals surface area contributed by atoms with Crippen LogP contribution in [0.15, 0.2) is 24.3 Å². The van der Waals surface area contributed by atoms with Crippen LogP contribution in [0.2, 0.25) is 0 Å². The first-order valence-corrected chi connectivity index (χ1v) is 7.37. The Hall–Kier alpha value is -0.830. The second-order valence-corrected chi connectivity index (χ2v) is 5.60. The lowest BCUT2D eigenvalue weighted by Crippen LogP contribution is -1.89. The Balaban J connectivity index is 0.000000557. The van der Waals surface area contributed by atoms with E-state index in [0.717, 1.165) is 0 Å². The Kier molecular flexibility index (Phi) is 7.88. The molecule has 0 aliphatic heterocycles. The average molecular weight is 260 g/mol. The third kappa shape index (κ3) is 7.97. The summed E-state index contributed by atoms with van der Waals surface area (Å²) in [4.78, 5) is 9.12. The number of phenolic OH excluding ortho intramolecular Hbond substituents is 1. The quantitative estimate of drug-likeness (QED) is 0.813. The maximum Gasteiger partial charge on any atom is 0.332 e. The minimum Gasteiger partial charge on any atom is -0.508 e. The van der Waals surface area contributed by atoms with Crippen LogP contribution < -0.4 is 0 Å². The number of hydrogen-bond acceptors (Lipinski definition) is 3. The molecule has 2 N–H and O–H groups in total. The number of rotatable bonds is 4. The Morgan fingerprint density at radius 3 is 2.00 bits per heavy atom. The molecule has 1 unspecified atom stereocenters. The van der Waals surface area contributed by atoms with E-state index >= 15 is 0 Å². The first kappa shape index (κ1) is 16.2. The van der Waals surface area contributed by atoms with Crippen molar-refractivity contribution < 1.29 is 19.1 Å². The molecule has 0 saturated carbocycles. The van der Waals surface area contributed by atoms with Gasteiger partial charge >= 0.3 is 7.60 Å². The van der Waals surface area contributed by atoms with Gasteiger partial charge in [0, 0.05) is 7.11 Å². The molecule has 1 rings (SSSR count). The summed E-state index contributed by atoms with van der Waals surface area (Å²) in [5.74, 6) is 0.133. The summed E-state index contributed by atoms with van der Waals surface area (Å²) in [6, 6.07) is 6.09. The maximum absolute atomic E-state index is 11.1. The number of benzene rings is 1. The van der Waals surface area contributed by atoms with Gasteiger partial charge < -0.3 is 14.5 Å². The fraction of sp³-hybridized carbons (Fsp3) is 0.500. The van der Waals surface area contributed by atoms with Crippen LogP contribution in [-0.2, 0) is 15.3 Å². The van der Waals surface area contributed by atoms with E-state index in [1.807, 2.05) is 0 Å². The van der Waals surface area contributed by atoms with Gasteiger partial charge in [0.05, 0.1) is 6.16 Å². The van der Waals surface area contributed by atoms with Crippen LogP contribution >= 0.6 is 7.60 Å². The van der Waals surface area contributed by atoms with Crippen molar-refractivity contribution in [1.82, 2.24) is 0 Å². The normalized spacial score (nSPS) is 13.4. The van der Waals surface area contributed by atoms with E-state index in [1.54, 1.807) is 12.1 Å². The van der Waals surface area contributed by atoms with Gasteiger partial charge in [0.2, 0.25) is 0 Å². The van der Waals surface area contributed by atoms with Crippen molar-refractivity contribution in [3.8, 4) is 5.75 Å². The summed E-state index contributed by atoms with van der Waals surface area (Å²) < 4.78 is 15.5. The third-order valence-corrected chi connectivity index (χ3v) is 3.44. The second kappa shape index (κ2) is 8.29. The van der Waals surface area contributed by atoms with Gasteiger partial charge in [-0.25, -0.2) is 0 Å². The van der Waals surface area contributed by atoms with Crippen LogP contribution in [0.1, 0.15) is 32.3 Å². The van der Waals surface area contributed by atoms with Crippen LogP contribution in [0, 0.1) is 0 Å². The fourth-order valence-electron chi connectivity index (χ4n) is 0.897. The van der Waals surface area contributed by atoms with Crippen LogP contribution in [0.25, 0.3) is 0 Å². The van der Waals surface area contributed by atoms with E-state index in [4.69, 9.17) is 10.00 Å². The molecule has 0 aliphatic carbocycles. The molecule has 1 aromatic rings. The summed E-state index contributed by atoms with van der Waals surface area (Å²) in [6.45, 7) is 4.36. The molecule has 0 bridgehead atoms. The van der Waals surface area contributed by atoms with E-state index in [1.165, 1.54) is 32.1 Å². The molecular formula is C12H21O4P. The second-order valence-electron chi connectivity index (χ2n) is 3.64. The minimum atomic E-state index is -3.49. The topological polar surface area (TPSA) is 66.8 Å². The first-order chi connectivity index (χ1) is 7.95. The maximum atomic E-state index is 11.1. The highest BCUT2D eigenvalue weighted by atomic mass is 31.2. The summed E-state index contributed by atoms with van der Waals surface area (Å²) in [6.07, 6.45) is 2.60. The predicted octanol–water partition coefficient (Wildman–Crippen LogP) is 3.53. The lowest BCUT2D eigenvalue weighted by molar-refractivity contribution is 0.314. The highest BCUT2D eigenvalue weighted by Crippen LogP contribution is 2.44. The van der Waals surface area contributed by atoms with Gasteiger partial charge in [-0.1, -0.05) is 38.8 Å². The third-order valence-electron chi connectivity index (χ3n) is 2.10. The highest BCUT2D eigenvalue weighted by molar-refractivity contribution is 7.51. The van der Waals surface area contributed by atoms with Crippen molar-refractivity contribution in [2.45, 2.75) is 32.9 Å². The Bertz CT molecular complexity index is 346. The number of phenols is 1. The zero-order chi connectivity index (χ0) is 13.3. The molecule has 0 radical (unpaired) electrons. The average Bonchev–Trinajstić information content (AvgIpc) is 2.32. The monoisotopic (exact) mass is 260 g/mol. The lowest BCUT2D eigenvalue weighted by atomic mass is 10.2. The molecule has 5 heteroatoms. The zero-order valence-corrected chi connectivity index (χ0v) is 11.5. The van der Waals surface area contributed by atoms with Crippen LogP contribution in [0.5, 0.6) is 5.75 Å². The molecule has 0 aromatic heterocycles. The Morgan fingerprint density at radius 2 is 1.65 bits per heavy atom.